The van der Waals surface area contributed by atoms with Crippen molar-refractivity contribution < 1.29 is 14.0 Å². The minimum Gasteiger partial charge on any atom is -0.543 e. The molecule has 0 heterocycles. The van der Waals surface area contributed by atoms with Crippen LogP contribution in [0.1, 0.15) is 52.9 Å². The summed E-state index contributed by atoms with van der Waals surface area (Å²) in [5, 5.41) is 0. The molecule has 140 valence electrons. The van der Waals surface area contributed by atoms with Gasteiger partial charge >= 0.3 is 5.97 Å². The van der Waals surface area contributed by atoms with E-state index in [-0.39, 0.29) is 5.97 Å². The number of carbonyl (C=O) groups is 1. The number of esters is 1. The molecular formula is C21H34O3Si. The van der Waals surface area contributed by atoms with Gasteiger partial charge in [0.25, 0.3) is 8.32 Å². The third kappa shape index (κ3) is 8.39. The van der Waals surface area contributed by atoms with Crippen LogP contribution in [0, 0.1) is 0 Å². The molecule has 0 N–H and O–H groups in total. The number of hydrogen-bond acceptors (Lipinski definition) is 3. The van der Waals surface area contributed by atoms with Crippen molar-refractivity contribution in [2.75, 3.05) is 6.61 Å². The summed E-state index contributed by atoms with van der Waals surface area (Å²) < 4.78 is 11.9. The Morgan fingerprint density at radius 1 is 1.00 bits per heavy atom. The van der Waals surface area contributed by atoms with Crippen LogP contribution in [0.15, 0.2) is 42.5 Å². The highest BCUT2D eigenvalue weighted by Crippen LogP contribution is 2.30. The molecule has 1 rings (SSSR count). The molecule has 0 amide bonds. The van der Waals surface area contributed by atoms with E-state index in [1.54, 1.807) is 6.92 Å². The molecule has 25 heavy (non-hydrogen) atoms. The first-order chi connectivity index (χ1) is 12.0. The summed E-state index contributed by atoms with van der Waals surface area (Å²) in [5.41, 5.74) is 0.459. The molecule has 0 atom stereocenters. The Hall–Kier alpha value is -1.55. The fourth-order valence-electron chi connectivity index (χ4n) is 2.95. The van der Waals surface area contributed by atoms with Crippen LogP contribution in [0.4, 0.5) is 0 Å². The van der Waals surface area contributed by atoms with E-state index in [9.17, 15) is 4.79 Å². The van der Waals surface area contributed by atoms with Gasteiger partial charge in [0, 0.05) is 5.57 Å². The molecule has 4 heteroatoms. The zero-order chi connectivity index (χ0) is 18.5. The van der Waals surface area contributed by atoms with Crippen molar-refractivity contribution in [1.82, 2.24) is 0 Å². The van der Waals surface area contributed by atoms with Gasteiger partial charge < -0.3 is 9.16 Å². The van der Waals surface area contributed by atoms with Gasteiger partial charge in [-0.15, -0.1) is 0 Å². The topological polar surface area (TPSA) is 35.5 Å². The van der Waals surface area contributed by atoms with Crippen molar-refractivity contribution in [2.24, 2.45) is 0 Å². The molecule has 0 aromatic heterocycles. The summed E-state index contributed by atoms with van der Waals surface area (Å²) >= 11 is 0. The van der Waals surface area contributed by atoms with E-state index in [1.807, 2.05) is 18.2 Å². The second kappa shape index (κ2) is 11.9. The minimum atomic E-state index is -1.89. The van der Waals surface area contributed by atoms with Crippen molar-refractivity contribution in [3.63, 3.8) is 0 Å². The van der Waals surface area contributed by atoms with Gasteiger partial charge in [-0.05, 0) is 43.6 Å². The lowest BCUT2D eigenvalue weighted by Crippen LogP contribution is -2.42. The Bertz CT molecular complexity index is 505. The van der Waals surface area contributed by atoms with E-state index in [4.69, 9.17) is 9.16 Å². The van der Waals surface area contributed by atoms with Crippen molar-refractivity contribution in [3.8, 4) is 5.75 Å². The van der Waals surface area contributed by atoms with Gasteiger partial charge in [-0.1, -0.05) is 64.3 Å². The molecule has 0 unspecified atom stereocenters. The Morgan fingerprint density at radius 2 is 1.56 bits per heavy atom. The fraction of sp³-hybridized carbons (Fsp3) is 0.571. The van der Waals surface area contributed by atoms with Crippen molar-refractivity contribution in [1.29, 1.82) is 0 Å². The molecule has 0 bridgehead atoms. The zero-order valence-corrected chi connectivity index (χ0v) is 17.2. The minimum absolute atomic E-state index is 0.293. The van der Waals surface area contributed by atoms with Crippen LogP contribution in [0.5, 0.6) is 5.75 Å². The van der Waals surface area contributed by atoms with Gasteiger partial charge in [-0.25, -0.2) is 4.79 Å². The summed E-state index contributed by atoms with van der Waals surface area (Å²) in [7, 11) is -1.89. The highest BCUT2D eigenvalue weighted by atomic mass is 28.4. The fourth-order valence-corrected chi connectivity index (χ4v) is 7.42. The standard InChI is InChI=1S/C21H34O3Si/c1-5-7-16-25(17-8-6-2,24-20-13-10-9-11-14-20)18-12-15-23-21(22)19(3)4/h9-11,13-14H,3,5-8,12,15-18H2,1-2,4H3. The van der Waals surface area contributed by atoms with Gasteiger partial charge in [-0.2, -0.15) is 0 Å². The van der Waals surface area contributed by atoms with Crippen molar-refractivity contribution in [2.45, 2.75) is 71.0 Å². The largest absolute Gasteiger partial charge is 0.543 e. The number of carbonyl (C=O) groups excluding carboxylic acids is 1. The van der Waals surface area contributed by atoms with E-state index < -0.39 is 8.32 Å². The monoisotopic (exact) mass is 362 g/mol. The first-order valence-electron chi connectivity index (χ1n) is 9.59. The molecule has 0 fully saturated rings. The Labute approximate surface area is 154 Å². The highest BCUT2D eigenvalue weighted by molar-refractivity contribution is 6.74. The van der Waals surface area contributed by atoms with Crippen LogP contribution in [0.3, 0.4) is 0 Å². The number of hydrogen-bond donors (Lipinski definition) is 0. The number of para-hydroxylation sites is 1. The zero-order valence-electron chi connectivity index (χ0n) is 16.2. The molecule has 0 saturated carbocycles. The summed E-state index contributed by atoms with van der Waals surface area (Å²) in [4.78, 5) is 11.6. The molecule has 0 aliphatic carbocycles. The van der Waals surface area contributed by atoms with Crippen molar-refractivity contribution in [3.05, 3.63) is 42.5 Å². The molecule has 1 aromatic carbocycles. The number of rotatable bonds is 13. The summed E-state index contributed by atoms with van der Waals surface area (Å²) in [6.45, 7) is 10.2. The van der Waals surface area contributed by atoms with Gasteiger partial charge in [0.2, 0.25) is 0 Å². The normalized spacial score (nSPS) is 11.2. The average molecular weight is 363 g/mol. The predicted molar refractivity (Wildman–Crippen MR) is 107 cm³/mol. The van der Waals surface area contributed by atoms with Crippen LogP contribution in [0.25, 0.3) is 0 Å². The first-order valence-corrected chi connectivity index (χ1v) is 12.1. The van der Waals surface area contributed by atoms with Crippen LogP contribution in [0.2, 0.25) is 18.1 Å². The van der Waals surface area contributed by atoms with E-state index in [2.05, 4.69) is 32.6 Å². The number of ether oxygens (including phenoxy) is 1. The van der Waals surface area contributed by atoms with Gasteiger partial charge in [0.1, 0.15) is 5.75 Å². The van der Waals surface area contributed by atoms with Crippen LogP contribution >= 0.6 is 0 Å². The maximum Gasteiger partial charge on any atom is 0.333 e. The molecule has 0 aliphatic rings. The predicted octanol–water partition coefficient (Wildman–Crippen LogP) is 6.12. The van der Waals surface area contributed by atoms with E-state index >= 15 is 0 Å². The first kappa shape index (κ1) is 21.5. The lowest BCUT2D eigenvalue weighted by atomic mass is 10.3. The van der Waals surface area contributed by atoms with Gasteiger partial charge in [0.15, 0.2) is 0 Å². The third-order valence-electron chi connectivity index (χ3n) is 4.41. The molecule has 1 aromatic rings. The van der Waals surface area contributed by atoms with Crippen LogP contribution < -0.4 is 4.43 Å². The summed E-state index contributed by atoms with van der Waals surface area (Å²) in [5.74, 6) is 0.693. The number of benzene rings is 1. The second-order valence-corrected chi connectivity index (χ2v) is 10.9. The van der Waals surface area contributed by atoms with E-state index in [0.717, 1.165) is 18.2 Å². The van der Waals surface area contributed by atoms with Crippen LogP contribution in [-0.2, 0) is 9.53 Å². The maximum atomic E-state index is 11.6. The Kier molecular flexibility index (Phi) is 10.2. The summed E-state index contributed by atoms with van der Waals surface area (Å²) in [6, 6.07) is 13.6. The maximum absolute atomic E-state index is 11.6. The van der Waals surface area contributed by atoms with Gasteiger partial charge in [-0.3, -0.25) is 0 Å². The molecular weight excluding hydrogens is 328 g/mol. The molecule has 3 nitrogen and oxygen atoms in total. The SMILES string of the molecule is C=C(C)C(=O)OCCC[Si](CCCC)(CCCC)Oc1ccccc1. The average Bonchev–Trinajstić information content (AvgIpc) is 2.62. The lowest BCUT2D eigenvalue weighted by Gasteiger charge is -2.32. The Balaban J connectivity index is 2.75. The molecule has 0 spiro atoms. The molecule has 0 aliphatic heterocycles. The Morgan fingerprint density at radius 3 is 2.08 bits per heavy atom. The quantitative estimate of drug-likeness (QED) is 0.183. The highest BCUT2D eigenvalue weighted by Gasteiger charge is 2.35. The van der Waals surface area contributed by atoms with E-state index in [0.29, 0.717) is 12.2 Å². The second-order valence-electron chi connectivity index (χ2n) is 6.83. The van der Waals surface area contributed by atoms with E-state index in [1.165, 1.54) is 37.8 Å². The summed E-state index contributed by atoms with van der Waals surface area (Å²) in [6.07, 6.45) is 5.64. The van der Waals surface area contributed by atoms with Crippen molar-refractivity contribution >= 4 is 14.3 Å². The lowest BCUT2D eigenvalue weighted by molar-refractivity contribution is -0.138. The molecule has 0 saturated heterocycles. The van der Waals surface area contributed by atoms with Crippen LogP contribution in [-0.4, -0.2) is 20.9 Å². The number of unbranched alkanes of at least 4 members (excludes halogenated alkanes) is 2. The third-order valence-corrected chi connectivity index (χ3v) is 8.87. The van der Waals surface area contributed by atoms with Gasteiger partial charge in [0.05, 0.1) is 6.61 Å². The molecule has 0 radical (unpaired) electrons. The smallest absolute Gasteiger partial charge is 0.333 e.